The third-order valence-corrected chi connectivity index (χ3v) is 10.3. The molecule has 11 heteroatoms. The predicted octanol–water partition coefficient (Wildman–Crippen LogP) is 7.47. The summed E-state index contributed by atoms with van der Waals surface area (Å²) in [5.74, 6) is 2.32. The van der Waals surface area contributed by atoms with Gasteiger partial charge in [0, 0.05) is 35.9 Å². The summed E-state index contributed by atoms with van der Waals surface area (Å²) < 4.78 is 24.4. The summed E-state index contributed by atoms with van der Waals surface area (Å²) in [7, 11) is 3.19. The molecule has 1 aliphatic heterocycles. The number of hydrogen-bond acceptors (Lipinski definition) is 9. The van der Waals surface area contributed by atoms with Gasteiger partial charge in [-0.15, -0.1) is 0 Å². The van der Waals surface area contributed by atoms with Gasteiger partial charge >= 0.3 is 0 Å². The third kappa shape index (κ3) is 10.2. The van der Waals surface area contributed by atoms with E-state index < -0.39 is 17.7 Å². The Morgan fingerprint density at radius 1 is 1.15 bits per heavy atom. The maximum Gasteiger partial charge on any atom is 0.249 e. The summed E-state index contributed by atoms with van der Waals surface area (Å²) in [5.41, 5.74) is 1.29. The van der Waals surface area contributed by atoms with E-state index in [2.05, 4.69) is 29.4 Å². The predicted molar refractivity (Wildman–Crippen MR) is 211 cm³/mol. The second-order valence-corrected chi connectivity index (χ2v) is 14.8. The molecule has 2 saturated carbocycles. The maximum absolute atomic E-state index is 13.9. The summed E-state index contributed by atoms with van der Waals surface area (Å²) in [5, 5.41) is 4.22. The lowest BCUT2D eigenvalue weighted by Crippen LogP contribution is -2.44. The largest absolute Gasteiger partial charge is 0.497 e. The quantitative estimate of drug-likeness (QED) is 0.0585. The Kier molecular flexibility index (Phi) is 14.1. The molecule has 53 heavy (non-hydrogen) atoms. The van der Waals surface area contributed by atoms with Crippen molar-refractivity contribution in [1.82, 2.24) is 15.2 Å². The Hall–Kier alpha value is -4.25. The highest BCUT2D eigenvalue weighted by atomic mass is 16.5. The molecule has 1 N–H and O–H groups in total. The van der Waals surface area contributed by atoms with Crippen LogP contribution in [0.5, 0.6) is 11.5 Å². The molecule has 0 radical (unpaired) electrons. The van der Waals surface area contributed by atoms with E-state index in [-0.39, 0.29) is 30.6 Å². The van der Waals surface area contributed by atoms with Gasteiger partial charge in [0.15, 0.2) is 0 Å². The van der Waals surface area contributed by atoms with E-state index in [1.165, 1.54) is 12.8 Å². The molecule has 2 aliphatic carbocycles. The molecule has 2 aromatic rings. The van der Waals surface area contributed by atoms with Gasteiger partial charge in [0.05, 0.1) is 49.6 Å². The first-order chi connectivity index (χ1) is 25.6. The van der Waals surface area contributed by atoms with Crippen LogP contribution in [0.25, 0.3) is 16.6 Å². The second kappa shape index (κ2) is 18.7. The molecule has 5 rings (SSSR count). The van der Waals surface area contributed by atoms with Gasteiger partial charge in [0.25, 0.3) is 0 Å². The lowest BCUT2D eigenvalue weighted by molar-refractivity contribution is -0.138. The molecular weight excluding hydrogens is 670 g/mol. The number of hydrogen-bond donors (Lipinski definition) is 1. The van der Waals surface area contributed by atoms with Crippen LogP contribution in [0, 0.1) is 5.92 Å². The van der Waals surface area contributed by atoms with Gasteiger partial charge in [0.2, 0.25) is 11.8 Å². The van der Waals surface area contributed by atoms with Crippen LogP contribution < -0.4 is 14.8 Å². The molecule has 0 bridgehead atoms. The summed E-state index contributed by atoms with van der Waals surface area (Å²) >= 11 is 0. The number of nitrogens with zero attached hydrogens (tertiary/aromatic N) is 4. The highest BCUT2D eigenvalue weighted by Crippen LogP contribution is 2.47. The lowest BCUT2D eigenvalue weighted by atomic mass is 10.1. The Balaban J connectivity index is 1.44. The van der Waals surface area contributed by atoms with Gasteiger partial charge in [-0.1, -0.05) is 50.8 Å². The average molecular weight is 730 g/mol. The molecule has 1 aromatic carbocycles. The van der Waals surface area contributed by atoms with Crippen LogP contribution in [-0.4, -0.2) is 91.0 Å². The van der Waals surface area contributed by atoms with E-state index in [1.807, 2.05) is 58.0 Å². The van der Waals surface area contributed by atoms with Gasteiger partial charge in [0.1, 0.15) is 42.1 Å². The van der Waals surface area contributed by atoms with E-state index in [0.717, 1.165) is 61.7 Å². The fraction of sp³-hybridized carbons (Fsp3) is 0.595. The molecule has 3 aliphatic rings. The number of rotatable bonds is 17. The van der Waals surface area contributed by atoms with Crippen molar-refractivity contribution in [1.29, 1.82) is 0 Å². The van der Waals surface area contributed by atoms with Gasteiger partial charge in [-0.3, -0.25) is 9.79 Å². The van der Waals surface area contributed by atoms with Gasteiger partial charge < -0.3 is 34.0 Å². The summed E-state index contributed by atoms with van der Waals surface area (Å²) in [6, 6.07) is 7.26. The number of aromatic nitrogens is 1. The van der Waals surface area contributed by atoms with Crippen LogP contribution in [-0.2, 0) is 19.1 Å². The standard InChI is InChI=1S/C42H59N5O6/c1-8-10-11-12-13-16-30-24-42(30,27-48)46-41(51-7)38-22-33(25-47(38)40(49)26-52-31-17-14-15-18-31)53-39-23-37(35(9-2)44-29(5)43-28(3)4)45-36-21-32(50-6)19-20-34(36)39/h9,13,16,19-21,23,27-28,30-31,33,38H,8,10-12,14-15,17-18,22,24-26H2,1-7H3,(H,43,44)/b16-13-,35-9-,46-41?/t30?,33-,38?,42?/m1/s1. The zero-order valence-electron chi connectivity index (χ0n) is 32.7. The molecule has 0 spiro atoms. The summed E-state index contributed by atoms with van der Waals surface area (Å²) in [4.78, 5) is 42.8. The minimum absolute atomic E-state index is 0.0114. The number of pyridine rings is 1. The summed E-state index contributed by atoms with van der Waals surface area (Å²) in [6.45, 7) is 10.4. The third-order valence-electron chi connectivity index (χ3n) is 10.3. The zero-order chi connectivity index (χ0) is 38.0. The maximum atomic E-state index is 13.9. The van der Waals surface area contributed by atoms with Crippen LogP contribution in [0.3, 0.4) is 0 Å². The van der Waals surface area contributed by atoms with Crippen molar-refractivity contribution < 1.29 is 28.5 Å². The summed E-state index contributed by atoms with van der Waals surface area (Å²) in [6.07, 6.45) is 16.6. The van der Waals surface area contributed by atoms with E-state index in [9.17, 15) is 9.59 Å². The fourth-order valence-electron chi connectivity index (χ4n) is 7.39. The van der Waals surface area contributed by atoms with E-state index in [4.69, 9.17) is 28.9 Å². The molecule has 2 heterocycles. The van der Waals surface area contributed by atoms with Crippen LogP contribution in [0.15, 0.2) is 52.5 Å². The first-order valence-corrected chi connectivity index (χ1v) is 19.4. The molecular formula is C42H59N5O6. The number of aliphatic imine (C=N–C) groups is 2. The molecule has 1 amide bonds. The van der Waals surface area contributed by atoms with Crippen molar-refractivity contribution in [3.63, 3.8) is 0 Å². The van der Waals surface area contributed by atoms with Crippen molar-refractivity contribution in [2.24, 2.45) is 15.9 Å². The molecule has 3 fully saturated rings. The number of ether oxygens (including phenoxy) is 4. The van der Waals surface area contributed by atoms with Crippen LogP contribution in [0.1, 0.15) is 105 Å². The first kappa shape index (κ1) is 39.9. The Bertz CT molecular complexity index is 1700. The molecule has 4 atom stereocenters. The van der Waals surface area contributed by atoms with Crippen molar-refractivity contribution in [2.75, 3.05) is 27.4 Å². The highest BCUT2D eigenvalue weighted by molar-refractivity contribution is 5.93. The lowest BCUT2D eigenvalue weighted by Gasteiger charge is -2.26. The zero-order valence-corrected chi connectivity index (χ0v) is 32.7. The van der Waals surface area contributed by atoms with E-state index in [0.29, 0.717) is 48.0 Å². The van der Waals surface area contributed by atoms with Crippen molar-refractivity contribution in [3.8, 4) is 11.5 Å². The molecule has 3 unspecified atom stereocenters. The topological polar surface area (TPSA) is 124 Å². The molecule has 288 valence electrons. The molecule has 1 aromatic heterocycles. The molecule has 1 saturated heterocycles. The second-order valence-electron chi connectivity index (χ2n) is 14.8. The van der Waals surface area contributed by atoms with Crippen LogP contribution in [0.4, 0.5) is 0 Å². The van der Waals surface area contributed by atoms with Gasteiger partial charge in [-0.05, 0) is 71.9 Å². The van der Waals surface area contributed by atoms with E-state index >= 15 is 0 Å². The Morgan fingerprint density at radius 2 is 1.94 bits per heavy atom. The number of amidine groups is 1. The number of fused-ring (bicyclic) bond motifs is 1. The SMILES string of the molecule is C/C=C(\NC(C)=NC(C)C)c1cc(O[C@@H]2CC(C(=NC3(C=O)CC3/C=C\CCCCC)OC)N(C(=O)COC3CCCC3)C2)c2ccc(OC)cc2n1. The normalized spacial score (nSPS) is 24.0. The van der Waals surface area contributed by atoms with Gasteiger partial charge in [-0.25, -0.2) is 9.98 Å². The smallest absolute Gasteiger partial charge is 0.249 e. The first-order valence-electron chi connectivity index (χ1n) is 19.4. The number of likely N-dealkylation sites (tertiary alicyclic amines) is 1. The number of amides is 1. The van der Waals surface area contributed by atoms with Crippen LogP contribution >= 0.6 is 0 Å². The number of nitrogens with one attached hydrogen (secondary N) is 1. The number of aldehydes is 1. The number of carbonyl (C=O) groups is 2. The number of benzene rings is 1. The number of methoxy groups -OCH3 is 2. The monoisotopic (exact) mass is 729 g/mol. The average Bonchev–Trinajstić information content (AvgIpc) is 3.43. The number of allylic oxidation sites excluding steroid dienone is 2. The van der Waals surface area contributed by atoms with Crippen molar-refractivity contribution in [2.45, 2.75) is 129 Å². The minimum atomic E-state index is -0.886. The minimum Gasteiger partial charge on any atom is -0.497 e. The van der Waals surface area contributed by atoms with Crippen LogP contribution in [0.2, 0.25) is 0 Å². The number of unbranched alkanes of at least 4 members (excludes halogenated alkanes) is 3. The van der Waals surface area contributed by atoms with Crippen molar-refractivity contribution >= 4 is 40.5 Å². The Morgan fingerprint density at radius 3 is 2.62 bits per heavy atom. The number of carbonyl (C=O) groups excluding carboxylic acids is 2. The fourth-order valence-corrected chi connectivity index (χ4v) is 7.39. The van der Waals surface area contributed by atoms with E-state index in [1.54, 1.807) is 19.1 Å². The highest BCUT2D eigenvalue weighted by Gasteiger charge is 2.55. The van der Waals surface area contributed by atoms with Gasteiger partial charge in [-0.2, -0.15) is 0 Å². The Labute approximate surface area is 315 Å². The molecule has 11 nitrogen and oxygen atoms in total. The van der Waals surface area contributed by atoms with Crippen molar-refractivity contribution in [3.05, 3.63) is 48.2 Å².